The molecule has 0 spiro atoms. The van der Waals surface area contributed by atoms with Gasteiger partial charge in [0, 0.05) is 18.3 Å². The van der Waals surface area contributed by atoms with E-state index in [1.165, 1.54) is 5.56 Å². The van der Waals surface area contributed by atoms with Crippen LogP contribution in [0.25, 0.3) is 0 Å². The Morgan fingerprint density at radius 3 is 3.06 bits per heavy atom. The third-order valence-corrected chi connectivity index (χ3v) is 2.55. The Kier molecular flexibility index (Phi) is 7.11. The Labute approximate surface area is 110 Å². The summed E-state index contributed by atoms with van der Waals surface area (Å²) in [5, 5.41) is 3.42. The summed E-state index contributed by atoms with van der Waals surface area (Å²) < 4.78 is 5.75. The van der Waals surface area contributed by atoms with E-state index in [1.54, 1.807) is 6.20 Å². The Morgan fingerprint density at radius 1 is 1.50 bits per heavy atom. The van der Waals surface area contributed by atoms with Gasteiger partial charge in [-0.25, -0.2) is 0 Å². The molecule has 1 rings (SSSR count). The van der Waals surface area contributed by atoms with Crippen LogP contribution in [0.1, 0.15) is 32.3 Å². The van der Waals surface area contributed by atoms with Crippen molar-refractivity contribution in [3.05, 3.63) is 36.7 Å². The molecule has 0 aliphatic carbocycles. The molecule has 0 fully saturated rings. The number of nitrogens with zero attached hydrogens (tertiary/aromatic N) is 1. The largest absolute Gasteiger partial charge is 0.492 e. The summed E-state index contributed by atoms with van der Waals surface area (Å²) >= 11 is 0. The van der Waals surface area contributed by atoms with Gasteiger partial charge >= 0.3 is 0 Å². The molecule has 0 amide bonds. The van der Waals surface area contributed by atoms with E-state index in [2.05, 4.69) is 30.7 Å². The predicted molar refractivity (Wildman–Crippen MR) is 75.7 cm³/mol. The van der Waals surface area contributed by atoms with Gasteiger partial charge in [-0.1, -0.05) is 19.9 Å². The summed E-state index contributed by atoms with van der Waals surface area (Å²) in [6.45, 7) is 10.7. The molecular formula is C15H24N2O. The van der Waals surface area contributed by atoms with E-state index in [9.17, 15) is 0 Å². The molecule has 0 atom stereocenters. The lowest BCUT2D eigenvalue weighted by atomic mass is 10.2. The second kappa shape index (κ2) is 8.70. The van der Waals surface area contributed by atoms with E-state index in [0.29, 0.717) is 5.92 Å². The van der Waals surface area contributed by atoms with Crippen LogP contribution < -0.4 is 10.1 Å². The van der Waals surface area contributed by atoms with E-state index < -0.39 is 0 Å². The van der Waals surface area contributed by atoms with Gasteiger partial charge in [0.1, 0.15) is 5.75 Å². The molecule has 0 saturated carbocycles. The highest BCUT2D eigenvalue weighted by Crippen LogP contribution is 2.16. The van der Waals surface area contributed by atoms with Crippen molar-refractivity contribution >= 4 is 0 Å². The van der Waals surface area contributed by atoms with Gasteiger partial charge in [0.15, 0.2) is 0 Å². The smallest absolute Gasteiger partial charge is 0.142 e. The van der Waals surface area contributed by atoms with Crippen molar-refractivity contribution in [3.8, 4) is 5.75 Å². The van der Waals surface area contributed by atoms with E-state index in [4.69, 9.17) is 4.74 Å². The van der Waals surface area contributed by atoms with Crippen LogP contribution in [0.3, 0.4) is 0 Å². The van der Waals surface area contributed by atoms with Crippen molar-refractivity contribution in [2.75, 3.05) is 13.2 Å². The second-order valence-electron chi connectivity index (χ2n) is 4.79. The highest BCUT2D eigenvalue weighted by molar-refractivity contribution is 5.29. The van der Waals surface area contributed by atoms with Crippen molar-refractivity contribution in [1.29, 1.82) is 0 Å². The number of aromatic nitrogens is 1. The van der Waals surface area contributed by atoms with E-state index >= 15 is 0 Å². The quantitative estimate of drug-likeness (QED) is 0.538. The van der Waals surface area contributed by atoms with Crippen molar-refractivity contribution in [2.24, 2.45) is 5.92 Å². The Bertz CT molecular complexity index is 350. The molecule has 3 heteroatoms. The Hall–Kier alpha value is -1.35. The summed E-state index contributed by atoms with van der Waals surface area (Å²) in [5.41, 5.74) is 1.17. The molecule has 0 radical (unpaired) electrons. The average Bonchev–Trinajstić information content (AvgIpc) is 2.36. The molecule has 1 N–H and O–H groups in total. The van der Waals surface area contributed by atoms with Gasteiger partial charge in [0.25, 0.3) is 0 Å². The van der Waals surface area contributed by atoms with Crippen LogP contribution in [-0.2, 0) is 6.54 Å². The molecule has 1 heterocycles. The monoisotopic (exact) mass is 248 g/mol. The molecule has 18 heavy (non-hydrogen) atoms. The van der Waals surface area contributed by atoms with Crippen LogP contribution in [0, 0.1) is 5.92 Å². The molecule has 0 aliphatic heterocycles. The van der Waals surface area contributed by atoms with Gasteiger partial charge in [-0.2, -0.15) is 0 Å². The molecule has 0 unspecified atom stereocenters. The number of hydrogen-bond acceptors (Lipinski definition) is 3. The van der Waals surface area contributed by atoms with Crippen molar-refractivity contribution in [1.82, 2.24) is 10.3 Å². The van der Waals surface area contributed by atoms with Crippen LogP contribution in [0.5, 0.6) is 5.75 Å². The zero-order valence-electron chi connectivity index (χ0n) is 11.5. The van der Waals surface area contributed by atoms with Crippen molar-refractivity contribution in [3.63, 3.8) is 0 Å². The minimum absolute atomic E-state index is 0.656. The van der Waals surface area contributed by atoms with Gasteiger partial charge in [-0.15, -0.1) is 6.58 Å². The number of hydrogen-bond donors (Lipinski definition) is 1. The number of rotatable bonds is 9. The summed E-state index contributed by atoms with van der Waals surface area (Å²) in [4.78, 5) is 4.11. The van der Waals surface area contributed by atoms with E-state index in [1.807, 2.05) is 18.3 Å². The first-order valence-electron chi connectivity index (χ1n) is 6.61. The summed E-state index contributed by atoms with van der Waals surface area (Å²) in [7, 11) is 0. The maximum atomic E-state index is 5.75. The van der Waals surface area contributed by atoms with Gasteiger partial charge in [0.2, 0.25) is 0 Å². The van der Waals surface area contributed by atoms with Crippen LogP contribution in [-0.4, -0.2) is 18.1 Å². The predicted octanol–water partition coefficient (Wildman–Crippen LogP) is 3.17. The zero-order valence-corrected chi connectivity index (χ0v) is 11.5. The Morgan fingerprint density at radius 2 is 2.33 bits per heavy atom. The molecular weight excluding hydrogens is 224 g/mol. The number of pyridine rings is 1. The molecule has 0 saturated heterocycles. The molecule has 3 nitrogen and oxygen atoms in total. The fourth-order valence-electron chi connectivity index (χ4n) is 1.59. The fourth-order valence-corrected chi connectivity index (χ4v) is 1.59. The van der Waals surface area contributed by atoms with Crippen molar-refractivity contribution in [2.45, 2.75) is 33.2 Å². The first-order chi connectivity index (χ1) is 8.74. The van der Waals surface area contributed by atoms with Crippen LogP contribution in [0.4, 0.5) is 0 Å². The molecule has 0 aliphatic rings. The maximum Gasteiger partial charge on any atom is 0.142 e. The lowest BCUT2D eigenvalue weighted by Gasteiger charge is -2.12. The van der Waals surface area contributed by atoms with Crippen LogP contribution in [0.2, 0.25) is 0 Å². The highest BCUT2D eigenvalue weighted by atomic mass is 16.5. The number of nitrogens with one attached hydrogen (secondary N) is 1. The van der Waals surface area contributed by atoms with Gasteiger partial charge in [-0.05, 0) is 31.4 Å². The zero-order chi connectivity index (χ0) is 13.2. The Balaban J connectivity index is 2.43. The van der Waals surface area contributed by atoms with E-state index in [-0.39, 0.29) is 0 Å². The molecule has 0 aromatic carbocycles. The normalized spacial score (nSPS) is 10.6. The topological polar surface area (TPSA) is 34.1 Å². The standard InChI is InChI=1S/C15H24N2O/c1-4-5-6-9-18-15-12-16-8-7-14(15)11-17-10-13(2)3/h4,7-8,12-13,17H,1,5-6,9-11H2,2-3H3. The first kappa shape index (κ1) is 14.7. The molecule has 100 valence electrons. The number of unbranched alkanes of at least 4 members (excludes halogenated alkanes) is 1. The summed E-state index contributed by atoms with van der Waals surface area (Å²) in [6.07, 6.45) is 7.50. The second-order valence-corrected chi connectivity index (χ2v) is 4.79. The molecule has 1 aromatic rings. The average molecular weight is 248 g/mol. The highest BCUT2D eigenvalue weighted by Gasteiger charge is 2.03. The first-order valence-corrected chi connectivity index (χ1v) is 6.61. The van der Waals surface area contributed by atoms with Gasteiger partial charge in [0.05, 0.1) is 12.8 Å². The van der Waals surface area contributed by atoms with Crippen LogP contribution in [0.15, 0.2) is 31.1 Å². The third kappa shape index (κ3) is 5.82. The van der Waals surface area contributed by atoms with Crippen molar-refractivity contribution < 1.29 is 4.74 Å². The minimum atomic E-state index is 0.656. The maximum absolute atomic E-state index is 5.75. The lowest BCUT2D eigenvalue weighted by Crippen LogP contribution is -2.19. The molecule has 1 aromatic heterocycles. The minimum Gasteiger partial charge on any atom is -0.492 e. The van der Waals surface area contributed by atoms with Gasteiger partial charge in [-0.3, -0.25) is 4.98 Å². The fraction of sp³-hybridized carbons (Fsp3) is 0.533. The number of ether oxygens (including phenoxy) is 1. The van der Waals surface area contributed by atoms with Gasteiger partial charge < -0.3 is 10.1 Å². The third-order valence-electron chi connectivity index (χ3n) is 2.55. The summed E-state index contributed by atoms with van der Waals surface area (Å²) in [6, 6.07) is 2.01. The summed E-state index contributed by atoms with van der Waals surface area (Å²) in [5.74, 6) is 1.54. The lowest BCUT2D eigenvalue weighted by molar-refractivity contribution is 0.306. The van der Waals surface area contributed by atoms with Crippen LogP contribution >= 0.6 is 0 Å². The molecule has 0 bridgehead atoms. The van der Waals surface area contributed by atoms with E-state index in [0.717, 1.165) is 38.3 Å². The SMILES string of the molecule is C=CCCCOc1cnccc1CNCC(C)C. The number of allylic oxidation sites excluding steroid dienone is 1.